The number of aromatic nitrogens is 3. The molecule has 0 aliphatic rings. The number of nitrogens with zero attached hydrogens (tertiary/aromatic N) is 3. The molecule has 0 amide bonds. The van der Waals surface area contributed by atoms with Gasteiger partial charge in [0.25, 0.3) is 0 Å². The van der Waals surface area contributed by atoms with E-state index in [0.717, 1.165) is 32.9 Å². The molecule has 1 aromatic carbocycles. The molecule has 0 unspecified atom stereocenters. The van der Waals surface area contributed by atoms with E-state index in [1.54, 1.807) is 7.11 Å². The van der Waals surface area contributed by atoms with Crippen molar-refractivity contribution in [3.63, 3.8) is 0 Å². The third kappa shape index (κ3) is 2.55. The van der Waals surface area contributed by atoms with Crippen molar-refractivity contribution in [1.29, 1.82) is 0 Å². The van der Waals surface area contributed by atoms with E-state index >= 15 is 0 Å². The zero-order chi connectivity index (χ0) is 15.9. The second kappa shape index (κ2) is 5.82. The van der Waals surface area contributed by atoms with Crippen molar-refractivity contribution in [3.05, 3.63) is 33.9 Å². The van der Waals surface area contributed by atoms with Gasteiger partial charge in [0.15, 0.2) is 10.8 Å². The minimum atomic E-state index is 0.378. The summed E-state index contributed by atoms with van der Waals surface area (Å²) in [5.41, 5.74) is 2.80. The van der Waals surface area contributed by atoms with Crippen LogP contribution in [0, 0.1) is 6.92 Å². The second-order valence-corrected chi connectivity index (χ2v) is 6.58. The highest BCUT2D eigenvalue weighted by Gasteiger charge is 2.15. The van der Waals surface area contributed by atoms with E-state index in [-0.39, 0.29) is 0 Å². The molecule has 0 aliphatic carbocycles. The zero-order valence-corrected chi connectivity index (χ0v) is 14.4. The normalized spacial score (nSPS) is 11.4. The number of hydrogen-bond acceptors (Lipinski definition) is 5. The molecule has 4 nitrogen and oxygen atoms in total. The van der Waals surface area contributed by atoms with Crippen LogP contribution in [0.1, 0.15) is 31.0 Å². The maximum absolute atomic E-state index is 6.33. The van der Waals surface area contributed by atoms with Crippen molar-refractivity contribution in [3.8, 4) is 16.6 Å². The van der Waals surface area contributed by atoms with Crippen molar-refractivity contribution < 1.29 is 4.74 Å². The number of methoxy groups -OCH3 is 1. The Hall–Kier alpha value is -1.72. The molecule has 0 fully saturated rings. The molecule has 0 atom stereocenters. The molecule has 0 N–H and O–H groups in total. The van der Waals surface area contributed by atoms with Gasteiger partial charge in [-0.05, 0) is 25.0 Å². The molecule has 3 aromatic rings. The first-order valence-electron chi connectivity index (χ1n) is 6.98. The summed E-state index contributed by atoms with van der Waals surface area (Å²) >= 11 is 7.87. The highest BCUT2D eigenvalue weighted by molar-refractivity contribution is 7.13. The number of fused-ring (bicyclic) bond motifs is 1. The van der Waals surface area contributed by atoms with Crippen LogP contribution in [0.25, 0.3) is 21.7 Å². The summed E-state index contributed by atoms with van der Waals surface area (Å²) < 4.78 is 5.36. The topological polar surface area (TPSA) is 47.9 Å². The first-order valence-corrected chi connectivity index (χ1v) is 8.23. The average molecular weight is 334 g/mol. The van der Waals surface area contributed by atoms with E-state index in [1.807, 2.05) is 24.4 Å². The Morgan fingerprint density at radius 1 is 1.18 bits per heavy atom. The van der Waals surface area contributed by atoms with E-state index in [4.69, 9.17) is 16.3 Å². The lowest BCUT2D eigenvalue weighted by atomic mass is 10.1. The number of halogens is 1. The van der Waals surface area contributed by atoms with Crippen LogP contribution in [0.5, 0.6) is 5.75 Å². The number of thiazole rings is 1. The van der Waals surface area contributed by atoms with E-state index < -0.39 is 0 Å². The van der Waals surface area contributed by atoms with Crippen LogP contribution >= 0.6 is 22.9 Å². The van der Waals surface area contributed by atoms with Gasteiger partial charge in [-0.2, -0.15) is 0 Å². The maximum Gasteiger partial charge on any atom is 0.190 e. The maximum atomic E-state index is 6.33. The molecule has 114 valence electrons. The summed E-state index contributed by atoms with van der Waals surface area (Å²) in [4.78, 5) is 13.7. The first-order chi connectivity index (χ1) is 10.5. The van der Waals surface area contributed by atoms with E-state index in [2.05, 4.69) is 28.8 Å². The lowest BCUT2D eigenvalue weighted by Gasteiger charge is -2.09. The smallest absolute Gasteiger partial charge is 0.190 e. The van der Waals surface area contributed by atoms with Gasteiger partial charge in [0.1, 0.15) is 10.9 Å². The second-order valence-electron chi connectivity index (χ2n) is 5.36. The fourth-order valence-electron chi connectivity index (χ4n) is 2.25. The van der Waals surface area contributed by atoms with Gasteiger partial charge in [-0.25, -0.2) is 15.0 Å². The molecule has 0 aliphatic heterocycles. The molecule has 0 bridgehead atoms. The van der Waals surface area contributed by atoms with Crippen molar-refractivity contribution in [2.45, 2.75) is 26.7 Å². The van der Waals surface area contributed by atoms with Gasteiger partial charge >= 0.3 is 0 Å². The number of rotatable bonds is 3. The predicted octanol–water partition coefficient (Wildman–Crippen LogP) is 4.85. The fraction of sp³-hybridized carbons (Fsp3) is 0.312. The summed E-state index contributed by atoms with van der Waals surface area (Å²) in [5.74, 6) is 1.73. The van der Waals surface area contributed by atoms with Crippen LogP contribution in [0.2, 0.25) is 5.15 Å². The van der Waals surface area contributed by atoms with Crippen LogP contribution in [0.15, 0.2) is 17.5 Å². The van der Waals surface area contributed by atoms with Crippen LogP contribution in [0.3, 0.4) is 0 Å². The van der Waals surface area contributed by atoms with E-state index in [9.17, 15) is 0 Å². The Labute approximate surface area is 138 Å². The molecule has 2 aromatic heterocycles. The monoisotopic (exact) mass is 333 g/mol. The fourth-order valence-corrected chi connectivity index (χ4v) is 3.39. The van der Waals surface area contributed by atoms with Gasteiger partial charge in [0, 0.05) is 16.3 Å². The third-order valence-electron chi connectivity index (χ3n) is 3.55. The molecule has 0 saturated heterocycles. The van der Waals surface area contributed by atoms with Gasteiger partial charge < -0.3 is 4.74 Å². The molecule has 2 heterocycles. The molecule has 0 radical (unpaired) electrons. The molecule has 22 heavy (non-hydrogen) atoms. The highest BCUT2D eigenvalue weighted by atomic mass is 35.5. The predicted molar refractivity (Wildman–Crippen MR) is 91.0 cm³/mol. The van der Waals surface area contributed by atoms with Gasteiger partial charge in [-0.3, -0.25) is 0 Å². The van der Waals surface area contributed by atoms with Crippen molar-refractivity contribution in [1.82, 2.24) is 15.0 Å². The zero-order valence-electron chi connectivity index (χ0n) is 12.8. The Morgan fingerprint density at radius 2 is 1.95 bits per heavy atom. The number of ether oxygens (including phenoxy) is 1. The minimum absolute atomic E-state index is 0.378. The van der Waals surface area contributed by atoms with E-state index in [1.165, 1.54) is 11.3 Å². The van der Waals surface area contributed by atoms with Crippen LogP contribution < -0.4 is 4.74 Å². The third-order valence-corrected chi connectivity index (χ3v) is 4.69. The molecule has 6 heteroatoms. The number of benzene rings is 1. The molecular weight excluding hydrogens is 318 g/mol. The molecular formula is C16H16ClN3OS. The lowest BCUT2D eigenvalue weighted by molar-refractivity contribution is 0.412. The first kappa shape index (κ1) is 15.2. The number of aryl methyl sites for hydroxylation is 1. The molecule has 0 saturated carbocycles. The van der Waals surface area contributed by atoms with Crippen LogP contribution in [0.4, 0.5) is 0 Å². The molecule has 0 spiro atoms. The van der Waals surface area contributed by atoms with Gasteiger partial charge in [0.05, 0.1) is 18.3 Å². The van der Waals surface area contributed by atoms with Crippen molar-refractivity contribution in [2.75, 3.05) is 7.11 Å². The highest BCUT2D eigenvalue weighted by Crippen LogP contribution is 2.32. The minimum Gasteiger partial charge on any atom is -0.496 e. The summed E-state index contributed by atoms with van der Waals surface area (Å²) in [6.45, 7) is 6.19. The average Bonchev–Trinajstić information content (AvgIpc) is 2.98. The van der Waals surface area contributed by atoms with Crippen LogP contribution in [-0.4, -0.2) is 22.1 Å². The Kier molecular flexibility index (Phi) is 4.02. The van der Waals surface area contributed by atoms with Crippen molar-refractivity contribution in [2.24, 2.45) is 0 Å². The molecule has 3 rings (SSSR count). The summed E-state index contributed by atoms with van der Waals surface area (Å²) in [7, 11) is 1.65. The summed E-state index contributed by atoms with van der Waals surface area (Å²) in [6, 6.07) is 3.77. The van der Waals surface area contributed by atoms with Gasteiger partial charge in [0.2, 0.25) is 0 Å². The summed E-state index contributed by atoms with van der Waals surface area (Å²) in [5, 5.41) is 4.09. The standard InChI is InChI=1S/C16H16ClN3OS/c1-8(2)11-7-22-16(18-11)15-19-13-9(3)12(21-4)6-5-10(13)14(17)20-15/h5-8H,1-4H3. The quantitative estimate of drug-likeness (QED) is 0.643. The Bertz CT molecular complexity index is 845. The Morgan fingerprint density at radius 3 is 2.59 bits per heavy atom. The van der Waals surface area contributed by atoms with Crippen LogP contribution in [-0.2, 0) is 0 Å². The lowest BCUT2D eigenvalue weighted by Crippen LogP contribution is -1.96. The summed E-state index contributed by atoms with van der Waals surface area (Å²) in [6.07, 6.45) is 0. The van der Waals surface area contributed by atoms with E-state index in [0.29, 0.717) is 16.9 Å². The SMILES string of the molecule is COc1ccc2c(Cl)nc(-c3nc(C(C)C)cs3)nc2c1C. The largest absolute Gasteiger partial charge is 0.496 e. The van der Waals surface area contributed by atoms with Gasteiger partial charge in [-0.1, -0.05) is 25.4 Å². The Balaban J connectivity index is 2.20. The van der Waals surface area contributed by atoms with Crippen molar-refractivity contribution >= 4 is 33.8 Å². The van der Waals surface area contributed by atoms with Gasteiger partial charge in [-0.15, -0.1) is 11.3 Å². The number of hydrogen-bond donors (Lipinski definition) is 0.